The lowest BCUT2D eigenvalue weighted by molar-refractivity contribution is -0.0179. The van der Waals surface area contributed by atoms with Crippen LogP contribution in [0.1, 0.15) is 198 Å². The van der Waals surface area contributed by atoms with Gasteiger partial charge in [-0.1, -0.05) is 60.7 Å². The number of rotatable bonds is 8. The van der Waals surface area contributed by atoms with Crippen LogP contribution in [-0.2, 0) is 6.42 Å². The average molecular weight is 838 g/mol. The first-order valence-electron chi connectivity index (χ1n) is 22.2. The number of likely N-dealkylation sites (tertiary alicyclic amines) is 3. The van der Waals surface area contributed by atoms with Gasteiger partial charge in [0.05, 0.1) is 16.7 Å². The first kappa shape index (κ1) is 48.0. The van der Waals surface area contributed by atoms with Gasteiger partial charge in [0.1, 0.15) is 0 Å². The molecule has 3 saturated heterocycles. The second-order valence-electron chi connectivity index (χ2n) is 22.3. The lowest BCUT2D eigenvalue weighted by Crippen LogP contribution is -2.59. The summed E-state index contributed by atoms with van der Waals surface area (Å²) in [6, 6.07) is 21.1. The lowest BCUT2D eigenvalue weighted by atomic mass is 9.62. The summed E-state index contributed by atoms with van der Waals surface area (Å²) in [4.78, 5) is 48.1. The molecule has 3 heterocycles. The number of nitrogens with zero attached hydrogens (tertiary/aromatic N) is 3. The Kier molecular flexibility index (Phi) is 13.3. The van der Waals surface area contributed by atoms with Gasteiger partial charge in [-0.25, -0.2) is 14.4 Å². The van der Waals surface area contributed by atoms with E-state index < -0.39 is 23.8 Å². The standard InChI is InChI=1S/C39H63N3O6.C13H12/c1-34(2)16-22(17-35(3,4)40(34)13)25-26(23-18-36(5,6)41(14)37(7,8)19-23)29(32(45)46)30(33(47)48)27(28(25)31(43)44)24-20-38(9,10)42(15)39(11,12)21-24;1-3-7-12(8-4-1)11-13-9-5-2-6-10-13/h22-24H,16-21H2,1-15H3,(H,43,44)(H,45,46)(H,47,48);1-10H,11H2. The van der Waals surface area contributed by atoms with Crippen LogP contribution in [0.5, 0.6) is 0 Å². The van der Waals surface area contributed by atoms with E-state index >= 15 is 0 Å². The van der Waals surface area contributed by atoms with Crippen LogP contribution in [0.25, 0.3) is 0 Å². The second kappa shape index (κ2) is 16.9. The lowest BCUT2D eigenvalue weighted by Gasteiger charge is -2.56. The quantitative estimate of drug-likeness (QED) is 0.204. The summed E-state index contributed by atoms with van der Waals surface area (Å²) in [5.41, 5.74) is 1.30. The van der Waals surface area contributed by atoms with Crippen LogP contribution in [0, 0.1) is 0 Å². The van der Waals surface area contributed by atoms with Gasteiger partial charge in [0.15, 0.2) is 0 Å². The maximum absolute atomic E-state index is 13.9. The van der Waals surface area contributed by atoms with Crippen LogP contribution >= 0.6 is 0 Å². The molecule has 3 aromatic carbocycles. The van der Waals surface area contributed by atoms with Crippen LogP contribution in [-0.4, -0.2) is 102 Å². The topological polar surface area (TPSA) is 122 Å². The number of piperidine rings is 3. The minimum atomic E-state index is -1.37. The molecule has 61 heavy (non-hydrogen) atoms. The first-order chi connectivity index (χ1) is 27.9. The highest BCUT2D eigenvalue weighted by atomic mass is 16.4. The monoisotopic (exact) mass is 838 g/mol. The number of aromatic carboxylic acids is 3. The Morgan fingerprint density at radius 1 is 0.426 bits per heavy atom. The van der Waals surface area contributed by atoms with E-state index in [0.717, 1.165) is 6.42 Å². The summed E-state index contributed by atoms with van der Waals surface area (Å²) in [5.74, 6) is -4.95. The molecule has 3 N–H and O–H groups in total. The highest BCUT2D eigenvalue weighted by Gasteiger charge is 2.52. The Hall–Kier alpha value is -4.05. The molecule has 3 aliphatic heterocycles. The fourth-order valence-corrected chi connectivity index (χ4v) is 11.9. The van der Waals surface area contributed by atoms with E-state index in [1.807, 2.05) is 0 Å². The van der Waals surface area contributed by atoms with E-state index in [0.29, 0.717) is 49.7 Å². The van der Waals surface area contributed by atoms with E-state index in [1.54, 1.807) is 0 Å². The minimum absolute atomic E-state index is 0.0317. The van der Waals surface area contributed by atoms with Gasteiger partial charge >= 0.3 is 17.9 Å². The van der Waals surface area contributed by atoms with Crippen molar-refractivity contribution >= 4 is 17.9 Å². The fourth-order valence-electron chi connectivity index (χ4n) is 11.9. The van der Waals surface area contributed by atoms with Gasteiger partial charge in [-0.2, -0.15) is 0 Å². The molecule has 334 valence electrons. The van der Waals surface area contributed by atoms with Crippen molar-refractivity contribution in [3.8, 4) is 0 Å². The molecule has 0 spiro atoms. The van der Waals surface area contributed by atoms with Crippen molar-refractivity contribution in [2.75, 3.05) is 21.1 Å². The second-order valence-corrected chi connectivity index (χ2v) is 22.3. The Bertz CT molecular complexity index is 2010. The van der Waals surface area contributed by atoms with Gasteiger partial charge in [0, 0.05) is 33.2 Å². The molecule has 3 fully saturated rings. The summed E-state index contributed by atoms with van der Waals surface area (Å²) >= 11 is 0. The third-order valence-corrected chi connectivity index (χ3v) is 15.5. The molecule has 9 nitrogen and oxygen atoms in total. The summed E-state index contributed by atoms with van der Waals surface area (Å²) in [7, 11) is 6.23. The van der Waals surface area contributed by atoms with Crippen molar-refractivity contribution in [2.24, 2.45) is 0 Å². The van der Waals surface area contributed by atoms with Gasteiger partial charge in [-0.15, -0.1) is 0 Å². The highest BCUT2D eigenvalue weighted by Crippen LogP contribution is 2.55. The van der Waals surface area contributed by atoms with E-state index in [4.69, 9.17) is 0 Å². The molecule has 0 radical (unpaired) electrons. The molecule has 0 amide bonds. The maximum atomic E-state index is 13.9. The van der Waals surface area contributed by atoms with Crippen LogP contribution in [0.15, 0.2) is 60.7 Å². The average Bonchev–Trinajstić information content (AvgIpc) is 3.14. The predicted octanol–water partition coefficient (Wildman–Crippen LogP) is 11.2. The van der Waals surface area contributed by atoms with Crippen LogP contribution in [0.4, 0.5) is 0 Å². The zero-order valence-electron chi connectivity index (χ0n) is 39.9. The van der Waals surface area contributed by atoms with E-state index in [2.05, 4.69) is 180 Å². The summed E-state index contributed by atoms with van der Waals surface area (Å²) in [6.07, 6.45) is 4.43. The zero-order valence-corrected chi connectivity index (χ0v) is 39.9. The Morgan fingerprint density at radius 3 is 0.918 bits per heavy atom. The molecule has 9 heteroatoms. The number of hydrogen-bond acceptors (Lipinski definition) is 6. The smallest absolute Gasteiger partial charge is 0.336 e. The third-order valence-electron chi connectivity index (χ3n) is 15.5. The molecule has 0 bridgehead atoms. The molecular formula is C52H75N3O6. The molecule has 0 aromatic heterocycles. The minimum Gasteiger partial charge on any atom is -0.478 e. The van der Waals surface area contributed by atoms with Crippen molar-refractivity contribution in [3.63, 3.8) is 0 Å². The Morgan fingerprint density at radius 2 is 0.656 bits per heavy atom. The number of carboxylic acid groups (broad SMARTS) is 3. The molecule has 3 aliphatic rings. The largest absolute Gasteiger partial charge is 0.478 e. The molecule has 0 atom stereocenters. The van der Waals surface area contributed by atoms with E-state index in [-0.39, 0.29) is 67.3 Å². The van der Waals surface area contributed by atoms with Crippen LogP contribution in [0.2, 0.25) is 0 Å². The third kappa shape index (κ3) is 9.64. The van der Waals surface area contributed by atoms with Crippen molar-refractivity contribution in [1.82, 2.24) is 14.7 Å². The van der Waals surface area contributed by atoms with Crippen molar-refractivity contribution in [3.05, 3.63) is 105 Å². The van der Waals surface area contributed by atoms with Gasteiger partial charge in [-0.05, 0) is 195 Å². The number of carboxylic acids is 3. The van der Waals surface area contributed by atoms with E-state index in [1.165, 1.54) is 11.1 Å². The van der Waals surface area contributed by atoms with Gasteiger partial charge in [0.2, 0.25) is 0 Å². The molecule has 0 aliphatic carbocycles. The van der Waals surface area contributed by atoms with Gasteiger partial charge < -0.3 is 15.3 Å². The molecule has 6 rings (SSSR count). The van der Waals surface area contributed by atoms with E-state index in [9.17, 15) is 29.7 Å². The highest BCUT2D eigenvalue weighted by molar-refractivity contribution is 6.08. The van der Waals surface area contributed by atoms with Crippen molar-refractivity contribution < 1.29 is 29.7 Å². The molecule has 0 saturated carbocycles. The first-order valence-corrected chi connectivity index (χ1v) is 22.2. The summed E-state index contributed by atoms with van der Waals surface area (Å²) in [5, 5.41) is 33.6. The van der Waals surface area contributed by atoms with Crippen LogP contribution < -0.4 is 0 Å². The SMILES string of the molecule is CN1C(C)(C)CC(c2c(C(=O)O)c(C(=O)O)c(C3CC(C)(C)N(C)C(C)(C)C3)c(C3CC(C)(C)N(C)C(C)(C)C3)c2C(=O)O)CC1(C)C.c1ccc(Cc2ccccc2)cc1. The van der Waals surface area contributed by atoms with Crippen molar-refractivity contribution in [1.29, 1.82) is 0 Å². The van der Waals surface area contributed by atoms with Crippen LogP contribution in [0.3, 0.4) is 0 Å². The normalized spacial score (nSPS) is 22.8. The Balaban J connectivity index is 0.000000457. The molecular weight excluding hydrogens is 763 g/mol. The van der Waals surface area contributed by atoms with Gasteiger partial charge in [-0.3, -0.25) is 14.7 Å². The number of hydrogen-bond donors (Lipinski definition) is 3. The fraction of sp³-hybridized carbons (Fsp3) is 0.596. The summed E-state index contributed by atoms with van der Waals surface area (Å²) in [6.45, 7) is 25.6. The maximum Gasteiger partial charge on any atom is 0.336 e. The predicted molar refractivity (Wildman–Crippen MR) is 247 cm³/mol. The summed E-state index contributed by atoms with van der Waals surface area (Å²) < 4.78 is 0. The Labute approximate surface area is 366 Å². The number of carbonyl (C=O) groups is 3. The molecule has 0 unspecified atom stereocenters. The van der Waals surface area contributed by atoms with Crippen molar-refractivity contribution in [2.45, 2.75) is 179 Å². The molecule has 3 aromatic rings. The number of benzene rings is 3. The zero-order chi connectivity index (χ0) is 45.8. The van der Waals surface area contributed by atoms with Gasteiger partial charge in [0.25, 0.3) is 0 Å².